The molecule has 0 aromatic heterocycles. The van der Waals surface area contributed by atoms with E-state index < -0.39 is 0 Å². The first-order valence-corrected chi connectivity index (χ1v) is 6.48. The summed E-state index contributed by atoms with van der Waals surface area (Å²) >= 11 is 5.92. The lowest BCUT2D eigenvalue weighted by molar-refractivity contribution is 0.103. The molecule has 2 rings (SSSR count). The molecule has 4 heteroatoms. The molecule has 20 heavy (non-hydrogen) atoms. The summed E-state index contributed by atoms with van der Waals surface area (Å²) in [7, 11) is 3.06. The third-order valence-corrected chi connectivity index (χ3v) is 3.32. The van der Waals surface area contributed by atoms with E-state index in [-0.39, 0.29) is 5.78 Å². The number of carbonyl (C=O) groups is 1. The van der Waals surface area contributed by atoms with E-state index in [2.05, 4.69) is 0 Å². The van der Waals surface area contributed by atoms with Gasteiger partial charge in [0.2, 0.25) is 5.78 Å². The van der Waals surface area contributed by atoms with E-state index in [0.29, 0.717) is 27.6 Å². The molecule has 0 N–H and O–H groups in total. The van der Waals surface area contributed by atoms with Crippen LogP contribution in [0.25, 0.3) is 0 Å². The Morgan fingerprint density at radius 3 is 2.15 bits per heavy atom. The van der Waals surface area contributed by atoms with Crippen LogP contribution in [-0.4, -0.2) is 20.0 Å². The standard InChI is InChI=1S/C16H15ClO3/c1-10-9-11(17)7-8-12(10)16(18)15-13(19-2)5-4-6-14(15)20-3/h4-9H,1-3H3. The van der Waals surface area contributed by atoms with Crippen molar-refractivity contribution in [2.45, 2.75) is 6.92 Å². The quantitative estimate of drug-likeness (QED) is 0.801. The number of carbonyl (C=O) groups excluding carboxylic acids is 1. The summed E-state index contributed by atoms with van der Waals surface area (Å²) in [5.74, 6) is 0.834. The summed E-state index contributed by atoms with van der Waals surface area (Å²) in [5, 5.41) is 0.603. The lowest BCUT2D eigenvalue weighted by Gasteiger charge is -2.13. The number of ether oxygens (including phenoxy) is 2. The molecule has 0 aliphatic heterocycles. The molecule has 0 unspecified atom stereocenters. The maximum Gasteiger partial charge on any atom is 0.200 e. The minimum Gasteiger partial charge on any atom is -0.496 e. The predicted octanol–water partition coefficient (Wildman–Crippen LogP) is 3.90. The second kappa shape index (κ2) is 5.97. The fraction of sp³-hybridized carbons (Fsp3) is 0.188. The van der Waals surface area contributed by atoms with Crippen LogP contribution in [0.2, 0.25) is 5.02 Å². The number of benzene rings is 2. The molecule has 0 radical (unpaired) electrons. The highest BCUT2D eigenvalue weighted by atomic mass is 35.5. The second-order valence-corrected chi connectivity index (χ2v) is 4.76. The van der Waals surface area contributed by atoms with Crippen molar-refractivity contribution in [3.8, 4) is 11.5 Å². The lowest BCUT2D eigenvalue weighted by Crippen LogP contribution is -2.08. The summed E-state index contributed by atoms with van der Waals surface area (Å²) in [5.41, 5.74) is 1.82. The van der Waals surface area contributed by atoms with Gasteiger partial charge in [-0.3, -0.25) is 4.79 Å². The van der Waals surface area contributed by atoms with Crippen LogP contribution < -0.4 is 9.47 Å². The predicted molar refractivity (Wildman–Crippen MR) is 79.2 cm³/mol. The van der Waals surface area contributed by atoms with Gasteiger partial charge >= 0.3 is 0 Å². The van der Waals surface area contributed by atoms with Crippen molar-refractivity contribution in [2.24, 2.45) is 0 Å². The van der Waals surface area contributed by atoms with Crippen molar-refractivity contribution in [3.05, 3.63) is 58.1 Å². The smallest absolute Gasteiger partial charge is 0.200 e. The minimum absolute atomic E-state index is 0.145. The van der Waals surface area contributed by atoms with Crippen molar-refractivity contribution in [2.75, 3.05) is 14.2 Å². The average Bonchev–Trinajstić information content (AvgIpc) is 2.45. The van der Waals surface area contributed by atoms with Gasteiger partial charge in [-0.1, -0.05) is 17.7 Å². The molecule has 0 amide bonds. The maximum atomic E-state index is 12.7. The summed E-state index contributed by atoms with van der Waals surface area (Å²) in [6, 6.07) is 10.4. The summed E-state index contributed by atoms with van der Waals surface area (Å²) in [6.07, 6.45) is 0. The molecule has 0 aliphatic carbocycles. The van der Waals surface area contributed by atoms with E-state index in [4.69, 9.17) is 21.1 Å². The highest BCUT2D eigenvalue weighted by molar-refractivity contribution is 6.30. The van der Waals surface area contributed by atoms with Crippen LogP contribution in [-0.2, 0) is 0 Å². The van der Waals surface area contributed by atoms with Gasteiger partial charge in [0.15, 0.2) is 0 Å². The van der Waals surface area contributed by atoms with Crippen LogP contribution in [0.3, 0.4) is 0 Å². The zero-order chi connectivity index (χ0) is 14.7. The first-order valence-electron chi connectivity index (χ1n) is 6.10. The molecule has 104 valence electrons. The van der Waals surface area contributed by atoms with E-state index in [1.807, 2.05) is 6.92 Å². The molecule has 2 aromatic rings. The first kappa shape index (κ1) is 14.4. The molecule has 0 aliphatic rings. The number of rotatable bonds is 4. The van der Waals surface area contributed by atoms with Crippen molar-refractivity contribution < 1.29 is 14.3 Å². The highest BCUT2D eigenvalue weighted by Crippen LogP contribution is 2.31. The Morgan fingerprint density at radius 2 is 1.65 bits per heavy atom. The fourth-order valence-corrected chi connectivity index (χ4v) is 2.32. The highest BCUT2D eigenvalue weighted by Gasteiger charge is 2.21. The molecular weight excluding hydrogens is 276 g/mol. The monoisotopic (exact) mass is 290 g/mol. The lowest BCUT2D eigenvalue weighted by atomic mass is 9.97. The summed E-state index contributed by atoms with van der Waals surface area (Å²) < 4.78 is 10.5. The Hall–Kier alpha value is -2.00. The second-order valence-electron chi connectivity index (χ2n) is 4.33. The topological polar surface area (TPSA) is 35.5 Å². The molecule has 3 nitrogen and oxygen atoms in total. The molecule has 0 heterocycles. The molecule has 0 atom stereocenters. The van der Waals surface area contributed by atoms with Crippen molar-refractivity contribution >= 4 is 17.4 Å². The van der Waals surface area contributed by atoms with Gasteiger partial charge < -0.3 is 9.47 Å². The zero-order valence-corrected chi connectivity index (χ0v) is 12.3. The van der Waals surface area contributed by atoms with Crippen LogP contribution in [0.15, 0.2) is 36.4 Å². The number of methoxy groups -OCH3 is 2. The minimum atomic E-state index is -0.145. The molecule has 0 fully saturated rings. The maximum absolute atomic E-state index is 12.7. The SMILES string of the molecule is COc1cccc(OC)c1C(=O)c1ccc(Cl)cc1C. The van der Waals surface area contributed by atoms with Crippen LogP contribution in [0.1, 0.15) is 21.5 Å². The third kappa shape index (κ3) is 2.63. The van der Waals surface area contributed by atoms with Crippen LogP contribution in [0, 0.1) is 6.92 Å². The molecule has 0 saturated heterocycles. The van der Waals surface area contributed by atoms with Crippen molar-refractivity contribution in [1.82, 2.24) is 0 Å². The third-order valence-electron chi connectivity index (χ3n) is 3.09. The van der Waals surface area contributed by atoms with Gasteiger partial charge in [-0.15, -0.1) is 0 Å². The van der Waals surface area contributed by atoms with E-state index in [1.165, 1.54) is 14.2 Å². The van der Waals surface area contributed by atoms with Crippen molar-refractivity contribution in [3.63, 3.8) is 0 Å². The first-order chi connectivity index (χ1) is 9.58. The molecule has 0 saturated carbocycles. The largest absolute Gasteiger partial charge is 0.496 e. The van der Waals surface area contributed by atoms with Gasteiger partial charge in [-0.05, 0) is 42.8 Å². The molecule has 2 aromatic carbocycles. The molecule has 0 bridgehead atoms. The number of hydrogen-bond donors (Lipinski definition) is 0. The fourth-order valence-electron chi connectivity index (χ4n) is 2.09. The Balaban J connectivity index is 2.58. The van der Waals surface area contributed by atoms with Crippen LogP contribution in [0.5, 0.6) is 11.5 Å². The number of halogens is 1. The Labute approximate surface area is 123 Å². The van der Waals surface area contributed by atoms with Crippen molar-refractivity contribution in [1.29, 1.82) is 0 Å². The van der Waals surface area contributed by atoms with Gasteiger partial charge in [0.1, 0.15) is 17.1 Å². The zero-order valence-electron chi connectivity index (χ0n) is 11.6. The van der Waals surface area contributed by atoms with Crippen LogP contribution in [0.4, 0.5) is 0 Å². The van der Waals surface area contributed by atoms with E-state index in [9.17, 15) is 4.79 Å². The Bertz CT molecular complexity index is 628. The van der Waals surface area contributed by atoms with E-state index >= 15 is 0 Å². The molecular formula is C16H15ClO3. The Morgan fingerprint density at radius 1 is 1.05 bits per heavy atom. The van der Waals surface area contributed by atoms with E-state index in [1.54, 1.807) is 36.4 Å². The average molecular weight is 291 g/mol. The summed E-state index contributed by atoms with van der Waals surface area (Å²) in [6.45, 7) is 1.85. The van der Waals surface area contributed by atoms with Gasteiger partial charge in [0.05, 0.1) is 14.2 Å². The van der Waals surface area contributed by atoms with Crippen LogP contribution >= 0.6 is 11.6 Å². The number of ketones is 1. The van der Waals surface area contributed by atoms with Gasteiger partial charge in [-0.2, -0.15) is 0 Å². The van der Waals surface area contributed by atoms with Gasteiger partial charge in [0.25, 0.3) is 0 Å². The van der Waals surface area contributed by atoms with E-state index in [0.717, 1.165) is 5.56 Å². The number of aryl methyl sites for hydroxylation is 1. The van der Waals surface area contributed by atoms with Gasteiger partial charge in [0, 0.05) is 10.6 Å². The Kier molecular flexibility index (Phi) is 4.30. The number of hydrogen-bond acceptors (Lipinski definition) is 3. The summed E-state index contributed by atoms with van der Waals surface area (Å²) in [4.78, 5) is 12.7. The molecule has 0 spiro atoms. The van der Waals surface area contributed by atoms with Gasteiger partial charge in [-0.25, -0.2) is 0 Å². The normalized spacial score (nSPS) is 10.2.